The van der Waals surface area contributed by atoms with Crippen molar-refractivity contribution in [3.05, 3.63) is 86.7 Å². The van der Waals surface area contributed by atoms with Gasteiger partial charge in [-0.3, -0.25) is 19.3 Å². The van der Waals surface area contributed by atoms with Gasteiger partial charge in [0, 0.05) is 24.4 Å². The highest BCUT2D eigenvalue weighted by Crippen LogP contribution is 2.25. The average molecular weight is 499 g/mol. The van der Waals surface area contributed by atoms with Crippen LogP contribution in [0.25, 0.3) is 17.1 Å². The lowest BCUT2D eigenvalue weighted by Crippen LogP contribution is -2.24. The van der Waals surface area contributed by atoms with Crippen LogP contribution in [0.4, 0.5) is 8.78 Å². The van der Waals surface area contributed by atoms with E-state index in [2.05, 4.69) is 24.9 Å². The van der Waals surface area contributed by atoms with Crippen LogP contribution < -0.4 is 10.3 Å². The van der Waals surface area contributed by atoms with Crippen LogP contribution in [0.15, 0.2) is 41.6 Å². The molecule has 8 nitrogen and oxygen atoms in total. The van der Waals surface area contributed by atoms with Gasteiger partial charge in [0.25, 0.3) is 5.56 Å². The maximum atomic E-state index is 13.9. The minimum absolute atomic E-state index is 0.138. The van der Waals surface area contributed by atoms with Crippen LogP contribution in [0.5, 0.6) is 5.88 Å². The molecule has 0 aliphatic carbocycles. The summed E-state index contributed by atoms with van der Waals surface area (Å²) in [5, 5.41) is -0.292. The Labute approximate surface area is 204 Å². The molecular weight excluding hydrogens is 478 g/mol. The van der Waals surface area contributed by atoms with Crippen molar-refractivity contribution in [2.45, 2.75) is 40.2 Å². The second kappa shape index (κ2) is 9.83. The minimum atomic E-state index is -0.878. The highest BCUT2D eigenvalue weighted by Gasteiger charge is 2.19. The van der Waals surface area contributed by atoms with Gasteiger partial charge in [-0.25, -0.2) is 18.7 Å². The summed E-state index contributed by atoms with van der Waals surface area (Å²) in [6, 6.07) is 4.16. The Bertz CT molecular complexity index is 1480. The molecule has 35 heavy (non-hydrogen) atoms. The minimum Gasteiger partial charge on any atom is -0.470 e. The fourth-order valence-electron chi connectivity index (χ4n) is 3.34. The van der Waals surface area contributed by atoms with Gasteiger partial charge >= 0.3 is 0 Å². The first-order valence-electron chi connectivity index (χ1n) is 10.7. The van der Waals surface area contributed by atoms with Gasteiger partial charge in [0.2, 0.25) is 5.88 Å². The third-order valence-corrected chi connectivity index (χ3v) is 5.49. The summed E-state index contributed by atoms with van der Waals surface area (Å²) >= 11 is 6.29. The molecule has 180 valence electrons. The molecule has 0 aliphatic heterocycles. The lowest BCUT2D eigenvalue weighted by atomic mass is 10.1. The van der Waals surface area contributed by atoms with Crippen LogP contribution in [-0.4, -0.2) is 29.5 Å². The predicted octanol–water partition coefficient (Wildman–Crippen LogP) is 4.73. The third-order valence-electron chi connectivity index (χ3n) is 5.16. The Morgan fingerprint density at radius 2 is 1.83 bits per heavy atom. The Morgan fingerprint density at radius 1 is 1.06 bits per heavy atom. The zero-order valence-corrected chi connectivity index (χ0v) is 20.1. The van der Waals surface area contributed by atoms with Crippen molar-refractivity contribution >= 4 is 11.6 Å². The number of ether oxygens (including phenoxy) is 1. The van der Waals surface area contributed by atoms with E-state index in [1.807, 2.05) is 13.8 Å². The summed E-state index contributed by atoms with van der Waals surface area (Å²) < 4.78 is 33.7. The maximum Gasteiger partial charge on any atom is 0.280 e. The van der Waals surface area contributed by atoms with E-state index in [1.165, 1.54) is 4.57 Å². The number of hydrogen-bond donors (Lipinski definition) is 0. The van der Waals surface area contributed by atoms with E-state index in [0.29, 0.717) is 34.5 Å². The molecule has 0 unspecified atom stereocenters. The predicted molar refractivity (Wildman–Crippen MR) is 126 cm³/mol. The van der Waals surface area contributed by atoms with E-state index < -0.39 is 17.2 Å². The van der Waals surface area contributed by atoms with Crippen molar-refractivity contribution in [1.29, 1.82) is 0 Å². The number of halogens is 3. The number of aryl methyl sites for hydroxylation is 2. The van der Waals surface area contributed by atoms with Gasteiger partial charge in [0.15, 0.2) is 10.8 Å². The lowest BCUT2D eigenvalue weighted by Gasteiger charge is -2.16. The van der Waals surface area contributed by atoms with Gasteiger partial charge in [-0.05, 0) is 31.5 Å². The van der Waals surface area contributed by atoms with Crippen LogP contribution in [0, 0.1) is 25.5 Å². The van der Waals surface area contributed by atoms with E-state index in [9.17, 15) is 13.6 Å². The van der Waals surface area contributed by atoms with Gasteiger partial charge in [0.1, 0.15) is 29.8 Å². The van der Waals surface area contributed by atoms with Crippen LogP contribution >= 0.6 is 11.6 Å². The number of aromatic nitrogens is 6. The number of rotatable bonds is 6. The van der Waals surface area contributed by atoms with Gasteiger partial charge in [0.05, 0.1) is 23.3 Å². The fraction of sp³-hybridized carbons (Fsp3) is 0.250. The summed E-state index contributed by atoms with van der Waals surface area (Å²) in [4.78, 5) is 34.5. The monoisotopic (exact) mass is 498 g/mol. The van der Waals surface area contributed by atoms with E-state index in [4.69, 9.17) is 16.3 Å². The zero-order chi connectivity index (χ0) is 25.3. The molecular formula is C24H21ClF2N6O2. The van der Waals surface area contributed by atoms with E-state index in [-0.39, 0.29) is 34.9 Å². The molecule has 0 fully saturated rings. The summed E-state index contributed by atoms with van der Waals surface area (Å²) in [7, 11) is 0. The normalized spacial score (nSPS) is 11.2. The molecule has 0 aliphatic rings. The van der Waals surface area contributed by atoms with Gasteiger partial charge in [-0.2, -0.15) is 4.98 Å². The molecule has 0 amide bonds. The summed E-state index contributed by atoms with van der Waals surface area (Å²) in [6.07, 6.45) is 4.17. The van der Waals surface area contributed by atoms with Crippen LogP contribution in [0.2, 0.25) is 5.02 Å². The average Bonchev–Trinajstić information content (AvgIpc) is 2.82. The Kier molecular flexibility index (Phi) is 6.83. The summed E-state index contributed by atoms with van der Waals surface area (Å²) in [5.41, 5.74) is 1.67. The molecule has 4 rings (SSSR count). The molecule has 11 heteroatoms. The fourth-order valence-corrected chi connectivity index (χ4v) is 3.52. The first kappa shape index (κ1) is 24.3. The van der Waals surface area contributed by atoms with Crippen molar-refractivity contribution in [3.63, 3.8) is 0 Å². The molecule has 4 aromatic rings. The molecule has 0 spiro atoms. The maximum absolute atomic E-state index is 13.9. The molecule has 0 bridgehead atoms. The van der Waals surface area contributed by atoms with Gasteiger partial charge in [-0.15, -0.1) is 0 Å². The third kappa shape index (κ3) is 5.02. The SMILES string of the molecule is Cc1cnc(-c2ccnc(C(C)C)n2)cc1-n1c(C)nc(OCc2ncc(F)cc2F)c(Cl)c1=O. The lowest BCUT2D eigenvalue weighted by molar-refractivity contribution is 0.280. The van der Waals surface area contributed by atoms with Crippen molar-refractivity contribution in [2.75, 3.05) is 0 Å². The van der Waals surface area contributed by atoms with Crippen LogP contribution in [0.1, 0.15) is 42.7 Å². The first-order chi connectivity index (χ1) is 16.7. The first-order valence-corrected chi connectivity index (χ1v) is 11.1. The molecule has 0 N–H and O–H groups in total. The largest absolute Gasteiger partial charge is 0.470 e. The molecule has 0 radical (unpaired) electrons. The summed E-state index contributed by atoms with van der Waals surface area (Å²) in [5.74, 6) is -0.767. The van der Waals surface area contributed by atoms with E-state index in [0.717, 1.165) is 6.20 Å². The second-order valence-corrected chi connectivity index (χ2v) is 8.48. The Balaban J connectivity index is 1.71. The van der Waals surface area contributed by atoms with Crippen molar-refractivity contribution in [2.24, 2.45) is 0 Å². The topological polar surface area (TPSA) is 95.7 Å². The van der Waals surface area contributed by atoms with Crippen molar-refractivity contribution in [1.82, 2.24) is 29.5 Å². The van der Waals surface area contributed by atoms with Crippen molar-refractivity contribution in [3.8, 4) is 23.0 Å². The Morgan fingerprint density at radius 3 is 2.54 bits per heavy atom. The van der Waals surface area contributed by atoms with Crippen LogP contribution in [0.3, 0.4) is 0 Å². The molecule has 0 saturated heterocycles. The zero-order valence-electron chi connectivity index (χ0n) is 19.4. The number of hydrogen-bond acceptors (Lipinski definition) is 7. The quantitative estimate of drug-likeness (QED) is 0.379. The number of nitrogens with zero attached hydrogens (tertiary/aromatic N) is 6. The van der Waals surface area contributed by atoms with Gasteiger partial charge < -0.3 is 4.74 Å². The molecule has 4 heterocycles. The molecule has 4 aromatic heterocycles. The highest BCUT2D eigenvalue weighted by atomic mass is 35.5. The van der Waals surface area contributed by atoms with E-state index in [1.54, 1.807) is 38.4 Å². The van der Waals surface area contributed by atoms with E-state index >= 15 is 0 Å². The standard InChI is InChI=1S/C24H21ClF2N6O2/c1-12(2)22-28-6-5-17(32-22)18-8-20(13(3)9-29-18)33-14(4)31-23(21(25)24(33)34)35-11-19-16(27)7-15(26)10-30-19/h5-10,12H,11H2,1-4H3. The Hall–Kier alpha value is -3.79. The van der Waals surface area contributed by atoms with Gasteiger partial charge in [-0.1, -0.05) is 25.4 Å². The smallest absolute Gasteiger partial charge is 0.280 e. The molecule has 0 atom stereocenters. The number of pyridine rings is 2. The summed E-state index contributed by atoms with van der Waals surface area (Å²) in [6.45, 7) is 7.02. The second-order valence-electron chi connectivity index (χ2n) is 8.10. The molecule has 0 saturated carbocycles. The van der Waals surface area contributed by atoms with Crippen molar-refractivity contribution < 1.29 is 13.5 Å². The highest BCUT2D eigenvalue weighted by molar-refractivity contribution is 6.31. The molecule has 0 aromatic carbocycles. The van der Waals surface area contributed by atoms with Crippen LogP contribution in [-0.2, 0) is 6.61 Å².